The number of nitro benzene ring substituents is 2. The predicted octanol–water partition coefficient (Wildman–Crippen LogP) is 14.0. The number of aldehydes is 2. The summed E-state index contributed by atoms with van der Waals surface area (Å²) >= 11 is 0. The number of phenols is 2. The van der Waals surface area contributed by atoms with Crippen LogP contribution in [-0.4, -0.2) is 32.6 Å². The quantitative estimate of drug-likeness (QED) is 0.0846. The number of rotatable bonds is 8. The van der Waals surface area contributed by atoms with Gasteiger partial charge in [-0.05, 0) is 113 Å². The maximum absolute atomic E-state index is 12.7. The number of hydrogen-bond donors (Lipinski definition) is 2. The largest absolute Gasteiger partial charge is 0.507 e. The molecule has 1 aliphatic rings. The number of hydrogen-bond acceptors (Lipinski definition) is 10. The molecule has 0 saturated carbocycles. The number of carbonyl (C=O) groups is 2. The summed E-state index contributed by atoms with van der Waals surface area (Å²) in [7, 11) is 0. The molecular weight excluding hydrogens is 885 g/mol. The Labute approximate surface area is 409 Å². The Bertz CT molecular complexity index is 2800. The molecule has 0 unspecified atom stereocenters. The zero-order chi connectivity index (χ0) is 51.4. The lowest BCUT2D eigenvalue weighted by molar-refractivity contribution is -0.385. The van der Waals surface area contributed by atoms with Gasteiger partial charge in [0.15, 0.2) is 0 Å². The van der Waals surface area contributed by atoms with Gasteiger partial charge in [0.05, 0.1) is 9.85 Å². The van der Waals surface area contributed by atoms with E-state index < -0.39 is 42.9 Å². The third-order valence-electron chi connectivity index (χ3n) is 13.1. The Morgan fingerprint density at radius 1 is 0.429 bits per heavy atom. The number of fused-ring (bicyclic) bond motifs is 8. The topological polar surface area (TPSA) is 179 Å². The number of ether oxygens (including phenoxy) is 2. The van der Waals surface area contributed by atoms with Gasteiger partial charge in [-0.25, -0.2) is 0 Å². The summed E-state index contributed by atoms with van der Waals surface area (Å²) in [5.41, 5.74) is 6.14. The van der Waals surface area contributed by atoms with Gasteiger partial charge in [0, 0.05) is 48.9 Å². The minimum atomic E-state index is -0.588. The molecule has 0 heterocycles. The van der Waals surface area contributed by atoms with E-state index in [1.54, 1.807) is 0 Å². The van der Waals surface area contributed by atoms with Crippen molar-refractivity contribution >= 4 is 23.9 Å². The zero-order valence-electron chi connectivity index (χ0n) is 42.1. The average molecular weight is 947 g/mol. The minimum Gasteiger partial charge on any atom is -0.507 e. The number of phenolic OH excluding ortho intramolecular Hbond substituents is 2. The molecule has 0 spiro atoms. The van der Waals surface area contributed by atoms with Crippen LogP contribution in [0.3, 0.4) is 0 Å². The molecule has 0 amide bonds. The lowest BCUT2D eigenvalue weighted by Gasteiger charge is -2.28. The fourth-order valence-corrected chi connectivity index (χ4v) is 8.80. The highest BCUT2D eigenvalue weighted by Crippen LogP contribution is 2.47. The second-order valence-corrected chi connectivity index (χ2v) is 22.6. The summed E-state index contributed by atoms with van der Waals surface area (Å²) in [5, 5.41) is 50.5. The monoisotopic (exact) mass is 946 g/mol. The van der Waals surface area contributed by atoms with E-state index in [1.807, 2.05) is 48.5 Å². The van der Waals surface area contributed by atoms with Crippen molar-refractivity contribution in [3.05, 3.63) is 183 Å². The lowest BCUT2D eigenvalue weighted by Crippen LogP contribution is -2.16. The van der Waals surface area contributed by atoms with Crippen molar-refractivity contribution in [3.8, 4) is 34.5 Å². The number of nitrogens with zero attached hydrogens (tertiary/aromatic N) is 2. The molecule has 8 bridgehead atoms. The van der Waals surface area contributed by atoms with Gasteiger partial charge in [-0.1, -0.05) is 132 Å². The van der Waals surface area contributed by atoms with Crippen LogP contribution < -0.4 is 9.47 Å². The molecule has 6 aromatic rings. The van der Waals surface area contributed by atoms with Crippen molar-refractivity contribution in [2.45, 2.75) is 130 Å². The van der Waals surface area contributed by atoms with E-state index in [1.165, 1.54) is 36.4 Å². The summed E-state index contributed by atoms with van der Waals surface area (Å²) in [4.78, 5) is 47.6. The van der Waals surface area contributed by atoms with Crippen LogP contribution in [0.5, 0.6) is 34.5 Å². The molecule has 0 saturated heterocycles. The normalized spacial score (nSPS) is 13.1. The first-order valence-corrected chi connectivity index (χ1v) is 23.4. The van der Waals surface area contributed by atoms with Gasteiger partial charge in [-0.3, -0.25) is 29.8 Å². The third kappa shape index (κ3) is 10.6. The molecule has 6 aromatic carbocycles. The number of carbonyl (C=O) groups excluding carboxylic acids is 2. The molecule has 1 aliphatic carbocycles. The molecule has 2 N–H and O–H groups in total. The average Bonchev–Trinajstić information content (AvgIpc) is 3.26. The van der Waals surface area contributed by atoms with E-state index in [9.17, 15) is 40.0 Å². The van der Waals surface area contributed by atoms with Gasteiger partial charge in [0.2, 0.25) is 11.5 Å². The van der Waals surface area contributed by atoms with E-state index in [0.29, 0.717) is 68.6 Å². The molecule has 0 radical (unpaired) electrons. The van der Waals surface area contributed by atoms with Crippen LogP contribution in [0.4, 0.5) is 11.4 Å². The fourth-order valence-electron chi connectivity index (χ4n) is 8.80. The number of benzene rings is 6. The first kappa shape index (κ1) is 50.5. The van der Waals surface area contributed by atoms with Gasteiger partial charge >= 0.3 is 11.4 Å². The molecule has 0 aromatic heterocycles. The Kier molecular flexibility index (Phi) is 13.4. The molecule has 70 heavy (non-hydrogen) atoms. The highest BCUT2D eigenvalue weighted by Gasteiger charge is 2.31. The molecule has 0 fully saturated rings. The van der Waals surface area contributed by atoms with Gasteiger partial charge in [-0.15, -0.1) is 0 Å². The van der Waals surface area contributed by atoms with Crippen molar-refractivity contribution in [2.75, 3.05) is 0 Å². The summed E-state index contributed by atoms with van der Waals surface area (Å²) in [6.45, 7) is 25.0. The molecule has 12 heteroatoms. The van der Waals surface area contributed by atoms with E-state index in [4.69, 9.17) is 9.47 Å². The predicted molar refractivity (Wildman–Crippen MR) is 272 cm³/mol. The van der Waals surface area contributed by atoms with Crippen LogP contribution in [0.15, 0.2) is 84.9 Å². The van der Waals surface area contributed by atoms with Crippen LogP contribution in [0.25, 0.3) is 0 Å². The maximum Gasteiger partial charge on any atom is 0.312 e. The van der Waals surface area contributed by atoms with Crippen molar-refractivity contribution in [1.29, 1.82) is 0 Å². The minimum absolute atomic E-state index is 0.00253. The highest BCUT2D eigenvalue weighted by atomic mass is 16.6. The van der Waals surface area contributed by atoms with E-state index >= 15 is 0 Å². The second kappa shape index (κ2) is 18.5. The smallest absolute Gasteiger partial charge is 0.312 e. The van der Waals surface area contributed by atoms with Crippen molar-refractivity contribution in [3.63, 3.8) is 0 Å². The molecule has 0 aliphatic heterocycles. The van der Waals surface area contributed by atoms with Crippen LogP contribution in [0, 0.1) is 20.2 Å². The summed E-state index contributed by atoms with van der Waals surface area (Å²) in [6.07, 6.45) is 1.52. The molecule has 12 nitrogen and oxygen atoms in total. The Hall–Kier alpha value is -7.34. The SMILES string of the molecule is CC(C)(C)c1cc2c(O)c(c1)Cc1cc(C(C)(C)C)cc(c1Oc1ccc(C=O)cc1[N+](=O)[O-])Cc1cc(C(C)(C)C)cc(c1O)Cc1cc(C(C)(C)C)cc(c1Oc1ccc(C=O)cc1[N+](=O)[O-])C2. The maximum atomic E-state index is 12.7. The van der Waals surface area contributed by atoms with Crippen LogP contribution >= 0.6 is 0 Å². The van der Waals surface area contributed by atoms with Crippen LogP contribution in [0.2, 0.25) is 0 Å². The molecule has 0 atom stereocenters. The van der Waals surface area contributed by atoms with E-state index in [2.05, 4.69) is 83.1 Å². The van der Waals surface area contributed by atoms with Gasteiger partial charge < -0.3 is 19.7 Å². The second-order valence-electron chi connectivity index (χ2n) is 22.6. The summed E-state index contributed by atoms with van der Waals surface area (Å²) in [5.74, 6) is 0.456. The summed E-state index contributed by atoms with van der Waals surface area (Å²) < 4.78 is 13.5. The zero-order valence-corrected chi connectivity index (χ0v) is 42.1. The van der Waals surface area contributed by atoms with Crippen molar-refractivity contribution < 1.29 is 39.1 Å². The standard InChI is InChI=1S/C58H62N2O10/c1-55(2,3)43-23-35-19-39-27-45(57(7,8)9)29-41(53(39)69-49-15-13-33(31-61)17-47(49)59(65)66)21-37-25-44(56(4,5)6)26-38(52(37)64)22-42-30-46(58(10,11)12)28-40(20-36(24-43)51(35)63)54(42)70-50-16-14-34(32-62)18-48(50)60(67)68/h13-18,23-32,63-64H,19-22H2,1-12H3. The van der Waals surface area contributed by atoms with Gasteiger partial charge in [-0.2, -0.15) is 0 Å². The Morgan fingerprint density at radius 2 is 0.671 bits per heavy atom. The molecular formula is C58H62N2O10. The number of aromatic hydroxyl groups is 2. The first-order chi connectivity index (χ1) is 32.5. The van der Waals surface area contributed by atoms with Crippen molar-refractivity contribution in [1.82, 2.24) is 0 Å². The van der Waals surface area contributed by atoms with E-state index in [-0.39, 0.29) is 59.8 Å². The third-order valence-corrected chi connectivity index (χ3v) is 13.1. The van der Waals surface area contributed by atoms with Crippen LogP contribution in [0.1, 0.15) is 171 Å². The summed E-state index contributed by atoms with van der Waals surface area (Å²) in [6, 6.07) is 24.0. The Balaban J connectivity index is 1.62. The van der Waals surface area contributed by atoms with Crippen LogP contribution in [-0.2, 0) is 47.3 Å². The highest BCUT2D eigenvalue weighted by molar-refractivity contribution is 5.78. The molecule has 364 valence electrons. The Morgan fingerprint density at radius 3 is 0.886 bits per heavy atom. The first-order valence-electron chi connectivity index (χ1n) is 23.4. The molecule has 7 rings (SSSR count). The van der Waals surface area contributed by atoms with E-state index in [0.717, 1.165) is 22.3 Å². The fraction of sp³-hybridized carbons (Fsp3) is 0.345. The van der Waals surface area contributed by atoms with Gasteiger partial charge in [0.1, 0.15) is 35.6 Å². The number of nitro groups is 2. The van der Waals surface area contributed by atoms with Crippen molar-refractivity contribution in [2.24, 2.45) is 0 Å². The van der Waals surface area contributed by atoms with Gasteiger partial charge in [0.25, 0.3) is 0 Å². The lowest BCUT2D eigenvalue weighted by atomic mass is 9.79.